The molecule has 2 rings (SSSR count). The van der Waals surface area contributed by atoms with Crippen molar-refractivity contribution < 1.29 is 14.3 Å². The molecule has 0 saturated heterocycles. The van der Waals surface area contributed by atoms with Crippen LogP contribution in [0.15, 0.2) is 24.3 Å². The summed E-state index contributed by atoms with van der Waals surface area (Å²) in [5.41, 5.74) is 0.314. The fourth-order valence-corrected chi connectivity index (χ4v) is 2.05. The number of thiocarbonyl (C=S) groups is 1. The fraction of sp³-hybridized carbons (Fsp3) is 0.429. The van der Waals surface area contributed by atoms with Crippen LogP contribution in [0, 0.1) is 0 Å². The van der Waals surface area contributed by atoms with Crippen LogP contribution in [0.3, 0.4) is 0 Å². The molecule has 102 valence electrons. The molecule has 4 nitrogen and oxygen atoms in total. The Morgan fingerprint density at radius 2 is 2.11 bits per heavy atom. The third-order valence-corrected chi connectivity index (χ3v) is 2.85. The number of fused-ring (bicyclic) bond motifs is 1. The molecule has 1 heterocycles. The van der Waals surface area contributed by atoms with E-state index in [1.165, 1.54) is 0 Å². The predicted octanol–water partition coefficient (Wildman–Crippen LogP) is 2.55. The topological polar surface area (TPSA) is 38.8 Å². The minimum atomic E-state index is -0.496. The molecule has 0 saturated carbocycles. The Kier molecular flexibility index (Phi) is 3.75. The van der Waals surface area contributed by atoms with Gasteiger partial charge in [-0.1, -0.05) is 24.4 Å². The van der Waals surface area contributed by atoms with Crippen molar-refractivity contribution >= 4 is 28.9 Å². The Morgan fingerprint density at radius 3 is 2.79 bits per heavy atom. The normalized spacial score (nSPS) is 14.7. The minimum absolute atomic E-state index is 0.108. The van der Waals surface area contributed by atoms with Crippen molar-refractivity contribution in [2.75, 3.05) is 18.1 Å². The number of carbonyl (C=O) groups is 1. The standard InChI is InChI=1S/C14H17NO3S/c1-14(2,3)18-13(16)8-15-10-6-4-5-7-11(10)17-9-12(15)19/h4-7H,8-9H2,1-3H3. The van der Waals surface area contributed by atoms with Gasteiger partial charge in [-0.2, -0.15) is 0 Å². The van der Waals surface area contributed by atoms with Gasteiger partial charge in [0.05, 0.1) is 5.69 Å². The molecule has 0 aliphatic carbocycles. The van der Waals surface area contributed by atoms with E-state index in [4.69, 9.17) is 21.7 Å². The van der Waals surface area contributed by atoms with E-state index < -0.39 is 5.60 Å². The van der Waals surface area contributed by atoms with Gasteiger partial charge in [0, 0.05) is 0 Å². The first-order chi connectivity index (χ1) is 8.87. The van der Waals surface area contributed by atoms with E-state index in [0.29, 0.717) is 11.6 Å². The summed E-state index contributed by atoms with van der Waals surface area (Å²) in [7, 11) is 0. The number of benzene rings is 1. The van der Waals surface area contributed by atoms with Crippen LogP contribution in [0.25, 0.3) is 0 Å². The van der Waals surface area contributed by atoms with Crippen LogP contribution in [0.2, 0.25) is 0 Å². The van der Waals surface area contributed by atoms with E-state index in [9.17, 15) is 4.79 Å². The molecule has 0 spiro atoms. The van der Waals surface area contributed by atoms with Crippen LogP contribution < -0.4 is 9.64 Å². The molecular weight excluding hydrogens is 262 g/mol. The molecule has 1 aliphatic rings. The predicted molar refractivity (Wildman–Crippen MR) is 77.7 cm³/mol. The maximum Gasteiger partial charge on any atom is 0.326 e. The first kappa shape index (κ1) is 13.8. The van der Waals surface area contributed by atoms with Gasteiger partial charge in [0.1, 0.15) is 29.5 Å². The highest BCUT2D eigenvalue weighted by molar-refractivity contribution is 7.80. The summed E-state index contributed by atoms with van der Waals surface area (Å²) in [6, 6.07) is 7.52. The quantitative estimate of drug-likeness (QED) is 0.614. The molecule has 0 fully saturated rings. The molecule has 1 aromatic carbocycles. The Balaban J connectivity index is 2.16. The van der Waals surface area contributed by atoms with Crippen molar-refractivity contribution in [2.24, 2.45) is 0 Å². The van der Waals surface area contributed by atoms with Gasteiger partial charge in [0.15, 0.2) is 0 Å². The van der Waals surface area contributed by atoms with Crippen molar-refractivity contribution in [3.05, 3.63) is 24.3 Å². The zero-order valence-corrected chi connectivity index (χ0v) is 12.1. The molecule has 0 amide bonds. The van der Waals surface area contributed by atoms with Gasteiger partial charge in [-0.25, -0.2) is 0 Å². The highest BCUT2D eigenvalue weighted by Crippen LogP contribution is 2.31. The Morgan fingerprint density at radius 1 is 1.42 bits per heavy atom. The average molecular weight is 279 g/mol. The number of esters is 1. The summed E-state index contributed by atoms with van der Waals surface area (Å²) < 4.78 is 10.8. The lowest BCUT2D eigenvalue weighted by molar-refractivity contribution is -0.152. The third-order valence-electron chi connectivity index (χ3n) is 2.52. The van der Waals surface area contributed by atoms with E-state index in [-0.39, 0.29) is 12.5 Å². The molecular formula is C14H17NO3S. The largest absolute Gasteiger partial charge is 0.484 e. The smallest absolute Gasteiger partial charge is 0.326 e. The average Bonchev–Trinajstić information content (AvgIpc) is 2.31. The van der Waals surface area contributed by atoms with E-state index in [0.717, 1.165) is 11.4 Å². The molecule has 0 N–H and O–H groups in total. The third kappa shape index (κ3) is 3.44. The van der Waals surface area contributed by atoms with Crippen LogP contribution >= 0.6 is 12.2 Å². The van der Waals surface area contributed by atoms with Gasteiger partial charge in [-0.3, -0.25) is 4.79 Å². The van der Waals surface area contributed by atoms with Gasteiger partial charge in [0.2, 0.25) is 0 Å². The molecule has 5 heteroatoms. The fourth-order valence-electron chi connectivity index (χ4n) is 1.83. The van der Waals surface area contributed by atoms with Crippen LogP contribution in [0.5, 0.6) is 5.75 Å². The van der Waals surface area contributed by atoms with Gasteiger partial charge in [0.25, 0.3) is 0 Å². The van der Waals surface area contributed by atoms with Crippen molar-refractivity contribution in [1.82, 2.24) is 0 Å². The van der Waals surface area contributed by atoms with Gasteiger partial charge in [-0.15, -0.1) is 0 Å². The summed E-state index contributed by atoms with van der Waals surface area (Å²) in [5.74, 6) is 0.436. The van der Waals surface area contributed by atoms with Crippen LogP contribution in [0.1, 0.15) is 20.8 Å². The zero-order valence-electron chi connectivity index (χ0n) is 11.3. The van der Waals surface area contributed by atoms with Gasteiger partial charge < -0.3 is 14.4 Å². The summed E-state index contributed by atoms with van der Waals surface area (Å²) in [5, 5.41) is 0. The number of carbonyl (C=O) groups excluding carboxylic acids is 1. The highest BCUT2D eigenvalue weighted by Gasteiger charge is 2.26. The van der Waals surface area contributed by atoms with Gasteiger partial charge >= 0.3 is 5.97 Å². The lowest BCUT2D eigenvalue weighted by atomic mass is 10.2. The minimum Gasteiger partial charge on any atom is -0.484 e. The van der Waals surface area contributed by atoms with Gasteiger partial charge in [-0.05, 0) is 32.9 Å². The lowest BCUT2D eigenvalue weighted by Crippen LogP contribution is -2.42. The number of hydrogen-bond acceptors (Lipinski definition) is 4. The number of nitrogens with zero attached hydrogens (tertiary/aromatic N) is 1. The molecule has 1 aliphatic heterocycles. The monoisotopic (exact) mass is 279 g/mol. The number of hydrogen-bond donors (Lipinski definition) is 0. The summed E-state index contributed by atoms with van der Waals surface area (Å²) in [4.78, 5) is 14.3. The van der Waals surface area contributed by atoms with E-state index in [1.807, 2.05) is 45.0 Å². The molecule has 0 aromatic heterocycles. The second-order valence-electron chi connectivity index (χ2n) is 5.32. The van der Waals surface area contributed by atoms with Crippen molar-refractivity contribution in [3.8, 4) is 5.75 Å². The maximum atomic E-state index is 11.9. The van der Waals surface area contributed by atoms with E-state index in [1.54, 1.807) is 4.90 Å². The van der Waals surface area contributed by atoms with Crippen LogP contribution in [-0.4, -0.2) is 29.7 Å². The number of para-hydroxylation sites is 2. The second kappa shape index (κ2) is 5.17. The molecule has 1 aromatic rings. The number of ether oxygens (including phenoxy) is 2. The highest BCUT2D eigenvalue weighted by atomic mass is 32.1. The van der Waals surface area contributed by atoms with Crippen LogP contribution in [0.4, 0.5) is 5.69 Å². The molecule has 0 radical (unpaired) electrons. The van der Waals surface area contributed by atoms with Crippen molar-refractivity contribution in [2.45, 2.75) is 26.4 Å². The van der Waals surface area contributed by atoms with Crippen molar-refractivity contribution in [1.29, 1.82) is 0 Å². The Labute approximate surface area is 118 Å². The summed E-state index contributed by atoms with van der Waals surface area (Å²) in [6.45, 7) is 5.95. The zero-order chi connectivity index (χ0) is 14.0. The maximum absolute atomic E-state index is 11.9. The van der Waals surface area contributed by atoms with E-state index in [2.05, 4.69) is 0 Å². The first-order valence-electron chi connectivity index (χ1n) is 6.11. The number of rotatable bonds is 2. The molecule has 0 unspecified atom stereocenters. The number of anilines is 1. The van der Waals surface area contributed by atoms with E-state index >= 15 is 0 Å². The first-order valence-corrected chi connectivity index (χ1v) is 6.52. The molecule has 0 bridgehead atoms. The molecule has 19 heavy (non-hydrogen) atoms. The lowest BCUT2D eigenvalue weighted by Gasteiger charge is -2.31. The SMILES string of the molecule is CC(C)(C)OC(=O)CN1C(=S)COc2ccccc21. The van der Waals surface area contributed by atoms with Crippen LogP contribution in [-0.2, 0) is 9.53 Å². The van der Waals surface area contributed by atoms with Crippen molar-refractivity contribution in [3.63, 3.8) is 0 Å². The summed E-state index contributed by atoms with van der Waals surface area (Å²) >= 11 is 5.26. The Hall–Kier alpha value is -1.62. The Bertz CT molecular complexity index is 508. The second-order valence-corrected chi connectivity index (χ2v) is 5.79. The summed E-state index contributed by atoms with van der Waals surface area (Å²) in [6.07, 6.45) is 0. The molecule has 0 atom stereocenters.